The van der Waals surface area contributed by atoms with Gasteiger partial charge in [0, 0.05) is 5.39 Å². The quantitative estimate of drug-likeness (QED) is 0.810. The summed E-state index contributed by atoms with van der Waals surface area (Å²) >= 11 is -1.82. The maximum Gasteiger partial charge on any atom is 0.165 e. The van der Waals surface area contributed by atoms with Gasteiger partial charge in [-0.05, 0) is 25.0 Å². The van der Waals surface area contributed by atoms with Gasteiger partial charge in [-0.3, -0.25) is 4.98 Å². The Morgan fingerprint density at radius 3 is 2.62 bits per heavy atom. The van der Waals surface area contributed by atoms with Gasteiger partial charge in [0.25, 0.3) is 0 Å². The molecule has 0 saturated heterocycles. The van der Waals surface area contributed by atoms with E-state index in [1.54, 1.807) is 0 Å². The van der Waals surface area contributed by atoms with Crippen molar-refractivity contribution in [3.63, 3.8) is 0 Å². The molecule has 1 aromatic heterocycles. The van der Waals surface area contributed by atoms with Gasteiger partial charge < -0.3 is 4.55 Å². The molecule has 0 amide bonds. The van der Waals surface area contributed by atoms with E-state index in [2.05, 4.69) is 4.98 Å². The predicted molar refractivity (Wildman–Crippen MR) is 63.4 cm³/mol. The zero-order valence-electron chi connectivity index (χ0n) is 8.59. The van der Waals surface area contributed by atoms with Gasteiger partial charge in [-0.15, -0.1) is 0 Å². The third-order valence-corrected chi connectivity index (χ3v) is 4.39. The molecule has 16 heavy (non-hydrogen) atoms. The fourth-order valence-electron chi connectivity index (χ4n) is 1.95. The van der Waals surface area contributed by atoms with Crippen molar-refractivity contribution in [2.24, 2.45) is 0 Å². The predicted octanol–water partition coefficient (Wildman–Crippen LogP) is 2.45. The molecule has 1 fully saturated rings. The summed E-state index contributed by atoms with van der Waals surface area (Å²) in [4.78, 5) is 4.48. The van der Waals surface area contributed by atoms with Gasteiger partial charge in [0.15, 0.2) is 11.1 Å². The van der Waals surface area contributed by atoms with Crippen LogP contribution in [0.15, 0.2) is 36.4 Å². The van der Waals surface area contributed by atoms with E-state index in [-0.39, 0.29) is 0 Å². The number of hydrogen-bond acceptors (Lipinski definition) is 2. The lowest BCUT2D eigenvalue weighted by atomic mass is 10.1. The number of aromatic nitrogens is 1. The highest BCUT2D eigenvalue weighted by molar-refractivity contribution is 7.80. The van der Waals surface area contributed by atoms with Crippen molar-refractivity contribution in [2.75, 3.05) is 0 Å². The van der Waals surface area contributed by atoms with E-state index in [4.69, 9.17) is 0 Å². The summed E-state index contributed by atoms with van der Waals surface area (Å²) in [7, 11) is 0. The Kier molecular flexibility index (Phi) is 2.09. The fraction of sp³-hybridized carbons (Fsp3) is 0.250. The Morgan fingerprint density at radius 2 is 1.94 bits per heavy atom. The zero-order valence-corrected chi connectivity index (χ0v) is 9.41. The third kappa shape index (κ3) is 1.37. The molecule has 1 aliphatic carbocycles. The van der Waals surface area contributed by atoms with Gasteiger partial charge in [-0.2, -0.15) is 0 Å². The first-order chi connectivity index (χ1) is 7.72. The van der Waals surface area contributed by atoms with Crippen LogP contribution >= 0.6 is 0 Å². The summed E-state index contributed by atoms with van der Waals surface area (Å²) in [5.41, 5.74) is 1.63. The highest BCUT2D eigenvalue weighted by Crippen LogP contribution is 2.49. The van der Waals surface area contributed by atoms with Crippen molar-refractivity contribution >= 4 is 22.0 Å². The second kappa shape index (κ2) is 3.37. The standard InChI is InChI=1S/C12H11NO2S/c14-16(15)12(7-8-12)11-6-5-9-3-1-2-4-10(9)13-11/h1-6H,7-8H2,(H,14,15). The zero-order chi connectivity index (χ0) is 11.2. The molecule has 0 spiro atoms. The largest absolute Gasteiger partial charge is 0.305 e. The summed E-state index contributed by atoms with van der Waals surface area (Å²) in [6, 6.07) is 11.6. The van der Waals surface area contributed by atoms with E-state index in [9.17, 15) is 8.76 Å². The minimum absolute atomic E-state index is 0.593. The van der Waals surface area contributed by atoms with Gasteiger partial charge in [-0.1, -0.05) is 24.3 Å². The average molecular weight is 233 g/mol. The number of benzene rings is 1. The van der Waals surface area contributed by atoms with Gasteiger partial charge in [0.2, 0.25) is 0 Å². The van der Waals surface area contributed by atoms with E-state index >= 15 is 0 Å². The van der Waals surface area contributed by atoms with E-state index in [1.165, 1.54) is 0 Å². The summed E-state index contributed by atoms with van der Waals surface area (Å²) < 4.78 is 20.0. The molecule has 1 aromatic carbocycles. The molecule has 3 nitrogen and oxygen atoms in total. The monoisotopic (exact) mass is 233 g/mol. The minimum Gasteiger partial charge on any atom is -0.305 e. The highest BCUT2D eigenvalue weighted by Gasteiger charge is 2.51. The van der Waals surface area contributed by atoms with Crippen molar-refractivity contribution < 1.29 is 8.76 Å². The SMILES string of the molecule is O=S(O)C1(c2ccc3ccccc3n2)CC1. The molecule has 0 aliphatic heterocycles. The van der Waals surface area contributed by atoms with Gasteiger partial charge >= 0.3 is 0 Å². The number of para-hydroxylation sites is 1. The molecule has 4 heteroatoms. The Hall–Kier alpha value is -1.26. The van der Waals surface area contributed by atoms with Crippen LogP contribution < -0.4 is 0 Å². The Bertz CT molecular complexity index is 578. The molecule has 0 radical (unpaired) electrons. The summed E-state index contributed by atoms with van der Waals surface area (Å²) in [6.07, 6.45) is 1.50. The van der Waals surface area contributed by atoms with E-state index in [0.29, 0.717) is 0 Å². The van der Waals surface area contributed by atoms with Crippen molar-refractivity contribution in [3.8, 4) is 0 Å². The highest BCUT2D eigenvalue weighted by atomic mass is 32.2. The van der Waals surface area contributed by atoms with Crippen molar-refractivity contribution in [1.29, 1.82) is 0 Å². The molecule has 1 saturated carbocycles. The second-order valence-electron chi connectivity index (χ2n) is 4.13. The number of fused-ring (bicyclic) bond motifs is 1. The first-order valence-corrected chi connectivity index (χ1v) is 6.30. The third-order valence-electron chi connectivity index (χ3n) is 3.10. The Morgan fingerprint density at radius 1 is 1.19 bits per heavy atom. The summed E-state index contributed by atoms with van der Waals surface area (Å²) in [5.74, 6) is 0. The van der Waals surface area contributed by atoms with Crippen molar-refractivity contribution in [1.82, 2.24) is 4.98 Å². The maximum absolute atomic E-state index is 11.3. The fourth-order valence-corrected chi connectivity index (χ4v) is 2.70. The smallest absolute Gasteiger partial charge is 0.165 e. The van der Waals surface area contributed by atoms with Crippen molar-refractivity contribution in [3.05, 3.63) is 42.1 Å². The van der Waals surface area contributed by atoms with Crippen LogP contribution in [0.2, 0.25) is 0 Å². The number of hydrogen-bond donors (Lipinski definition) is 1. The van der Waals surface area contributed by atoms with Gasteiger partial charge in [0.1, 0.15) is 4.75 Å². The summed E-state index contributed by atoms with van der Waals surface area (Å²) in [5, 5.41) is 1.06. The van der Waals surface area contributed by atoms with Gasteiger partial charge in [-0.25, -0.2) is 4.21 Å². The first-order valence-electron chi connectivity index (χ1n) is 5.20. The summed E-state index contributed by atoms with van der Waals surface area (Å²) in [6.45, 7) is 0. The first kappa shape index (κ1) is 9.93. The number of nitrogens with zero attached hydrogens (tertiary/aromatic N) is 1. The molecule has 1 aliphatic rings. The molecule has 1 unspecified atom stereocenters. The van der Waals surface area contributed by atoms with Crippen LogP contribution in [-0.4, -0.2) is 13.7 Å². The lowest BCUT2D eigenvalue weighted by molar-refractivity contribution is 0.545. The van der Waals surface area contributed by atoms with E-state index < -0.39 is 15.8 Å². The molecule has 1 heterocycles. The minimum atomic E-state index is -1.82. The van der Waals surface area contributed by atoms with Crippen molar-refractivity contribution in [2.45, 2.75) is 17.6 Å². The van der Waals surface area contributed by atoms with Crippen LogP contribution in [0.5, 0.6) is 0 Å². The molecule has 2 aromatic rings. The topological polar surface area (TPSA) is 50.2 Å². The lowest BCUT2D eigenvalue weighted by Crippen LogP contribution is -2.15. The molecular weight excluding hydrogens is 222 g/mol. The Balaban J connectivity index is 2.16. The van der Waals surface area contributed by atoms with Crippen LogP contribution in [-0.2, 0) is 15.8 Å². The molecule has 3 rings (SSSR count). The number of pyridine rings is 1. The van der Waals surface area contributed by atoms with Crippen LogP contribution in [0, 0.1) is 0 Å². The molecular formula is C12H11NO2S. The van der Waals surface area contributed by atoms with E-state index in [1.807, 2.05) is 36.4 Å². The lowest BCUT2D eigenvalue weighted by Gasteiger charge is -2.10. The van der Waals surface area contributed by atoms with E-state index in [0.717, 1.165) is 29.4 Å². The van der Waals surface area contributed by atoms with Gasteiger partial charge in [0.05, 0.1) is 11.2 Å². The van der Waals surface area contributed by atoms with Crippen LogP contribution in [0.1, 0.15) is 18.5 Å². The Labute approximate surface area is 95.8 Å². The normalized spacial score (nSPS) is 19.6. The maximum atomic E-state index is 11.3. The van der Waals surface area contributed by atoms with Crippen LogP contribution in [0.4, 0.5) is 0 Å². The average Bonchev–Trinajstić information content (AvgIpc) is 3.09. The molecule has 0 bridgehead atoms. The van der Waals surface area contributed by atoms with Crippen LogP contribution in [0.3, 0.4) is 0 Å². The molecule has 1 atom stereocenters. The number of rotatable bonds is 2. The molecule has 82 valence electrons. The van der Waals surface area contributed by atoms with Crippen LogP contribution in [0.25, 0.3) is 10.9 Å². The molecule has 1 N–H and O–H groups in total. The second-order valence-corrected chi connectivity index (χ2v) is 5.41.